The van der Waals surface area contributed by atoms with E-state index < -0.39 is 23.0 Å². The first-order chi connectivity index (χ1) is 12.3. The number of halogens is 2. The molecule has 2 aromatic rings. The Morgan fingerprint density at radius 3 is 2.81 bits per heavy atom. The van der Waals surface area contributed by atoms with Gasteiger partial charge in [0.1, 0.15) is 11.6 Å². The van der Waals surface area contributed by atoms with Crippen molar-refractivity contribution < 1.29 is 27.9 Å². The number of oxazole rings is 1. The van der Waals surface area contributed by atoms with Gasteiger partial charge in [-0.2, -0.15) is 0 Å². The third-order valence-corrected chi connectivity index (χ3v) is 4.65. The molecule has 1 aliphatic heterocycles. The van der Waals surface area contributed by atoms with Crippen molar-refractivity contribution in [1.82, 2.24) is 9.88 Å². The minimum atomic E-state index is -0.911. The number of hydrogen-bond acceptors (Lipinski definition) is 4. The summed E-state index contributed by atoms with van der Waals surface area (Å²) in [6.45, 7) is 2.21. The van der Waals surface area contributed by atoms with Crippen LogP contribution in [0.4, 0.5) is 8.78 Å². The molecule has 0 radical (unpaired) electrons. The molecule has 2 heterocycles. The minimum absolute atomic E-state index is 0.0910. The van der Waals surface area contributed by atoms with Gasteiger partial charge in [-0.15, -0.1) is 0 Å². The van der Waals surface area contributed by atoms with Crippen molar-refractivity contribution in [2.75, 3.05) is 13.1 Å². The lowest BCUT2D eigenvalue weighted by Crippen LogP contribution is -2.34. The molecule has 1 saturated heterocycles. The van der Waals surface area contributed by atoms with E-state index in [-0.39, 0.29) is 42.5 Å². The van der Waals surface area contributed by atoms with Crippen molar-refractivity contribution >= 4 is 11.9 Å². The third-order valence-electron chi connectivity index (χ3n) is 4.65. The van der Waals surface area contributed by atoms with Crippen LogP contribution in [-0.4, -0.2) is 40.0 Å². The quantitative estimate of drug-likeness (QED) is 0.882. The van der Waals surface area contributed by atoms with Gasteiger partial charge in [-0.3, -0.25) is 9.59 Å². The molecule has 6 nitrogen and oxygen atoms in total. The topological polar surface area (TPSA) is 83.6 Å². The smallest absolute Gasteiger partial charge is 0.311 e. The predicted octanol–water partition coefficient (Wildman–Crippen LogP) is 2.88. The summed E-state index contributed by atoms with van der Waals surface area (Å²) in [5, 5.41) is 9.21. The summed E-state index contributed by atoms with van der Waals surface area (Å²) in [5.41, 5.74) is -0.820. The summed E-state index contributed by atoms with van der Waals surface area (Å²) in [7, 11) is 0. The molecule has 138 valence electrons. The highest BCUT2D eigenvalue weighted by Gasteiger charge is 2.41. The van der Waals surface area contributed by atoms with Gasteiger partial charge in [0.2, 0.25) is 5.91 Å². The molecule has 0 aliphatic carbocycles. The van der Waals surface area contributed by atoms with Gasteiger partial charge in [-0.1, -0.05) is 0 Å². The van der Waals surface area contributed by atoms with Crippen molar-refractivity contribution in [3.05, 3.63) is 41.9 Å². The molecule has 3 rings (SSSR count). The Morgan fingerprint density at radius 1 is 1.38 bits per heavy atom. The molecule has 0 bridgehead atoms. The number of carboxylic acids is 1. The number of aliphatic carboxylic acids is 1. The zero-order valence-corrected chi connectivity index (χ0v) is 14.2. The Kier molecular flexibility index (Phi) is 4.76. The van der Waals surface area contributed by atoms with E-state index in [1.165, 1.54) is 17.2 Å². The van der Waals surface area contributed by atoms with Crippen molar-refractivity contribution in [3.8, 4) is 11.3 Å². The van der Waals surface area contributed by atoms with Crippen LogP contribution in [0.5, 0.6) is 0 Å². The standard InChI is InChI=1S/C18H18F2N2O4/c1-18(17(24)25)6-7-22(10-18)16(23)5-4-15-21-9-14(26-15)12-3-2-11(19)8-13(12)20/h2-3,8-9H,4-7,10H2,1H3,(H,24,25). The molecular formula is C18H18F2N2O4. The Labute approximate surface area is 148 Å². The highest BCUT2D eigenvalue weighted by molar-refractivity contribution is 5.80. The zero-order chi connectivity index (χ0) is 18.9. The number of hydrogen-bond donors (Lipinski definition) is 1. The predicted molar refractivity (Wildman–Crippen MR) is 87.1 cm³/mol. The normalized spacial score (nSPS) is 19.7. The van der Waals surface area contributed by atoms with Crippen LogP contribution in [0.3, 0.4) is 0 Å². The maximum Gasteiger partial charge on any atom is 0.311 e. The fourth-order valence-corrected chi connectivity index (χ4v) is 2.96. The first-order valence-electron chi connectivity index (χ1n) is 8.20. The van der Waals surface area contributed by atoms with Crippen molar-refractivity contribution in [2.24, 2.45) is 5.41 Å². The van der Waals surface area contributed by atoms with Crippen molar-refractivity contribution in [2.45, 2.75) is 26.2 Å². The van der Waals surface area contributed by atoms with Crippen molar-refractivity contribution in [3.63, 3.8) is 0 Å². The van der Waals surface area contributed by atoms with E-state index in [4.69, 9.17) is 4.42 Å². The molecule has 1 unspecified atom stereocenters. The first kappa shape index (κ1) is 18.0. The SMILES string of the molecule is CC1(C(=O)O)CCN(C(=O)CCc2ncc(-c3ccc(F)cc3F)o2)C1. The Morgan fingerprint density at radius 2 is 2.15 bits per heavy atom. The Hall–Kier alpha value is -2.77. The molecule has 0 saturated carbocycles. The zero-order valence-electron chi connectivity index (χ0n) is 14.2. The number of carbonyl (C=O) groups is 2. The van der Waals surface area contributed by atoms with E-state index in [2.05, 4.69) is 4.98 Å². The number of likely N-dealkylation sites (tertiary alicyclic amines) is 1. The van der Waals surface area contributed by atoms with Crippen LogP contribution in [0.1, 0.15) is 25.7 Å². The highest BCUT2D eigenvalue weighted by atomic mass is 19.1. The number of aromatic nitrogens is 1. The molecule has 1 N–H and O–H groups in total. The lowest BCUT2D eigenvalue weighted by Gasteiger charge is -2.19. The van der Waals surface area contributed by atoms with Crippen molar-refractivity contribution in [1.29, 1.82) is 0 Å². The number of nitrogens with zero attached hydrogens (tertiary/aromatic N) is 2. The number of rotatable bonds is 5. The van der Waals surface area contributed by atoms with Crippen LogP contribution in [0.15, 0.2) is 28.8 Å². The summed E-state index contributed by atoms with van der Waals surface area (Å²) in [5.74, 6) is -2.11. The van der Waals surface area contributed by atoms with Gasteiger partial charge < -0.3 is 14.4 Å². The highest BCUT2D eigenvalue weighted by Crippen LogP contribution is 2.30. The number of amides is 1. The summed E-state index contributed by atoms with van der Waals surface area (Å²) >= 11 is 0. The molecule has 26 heavy (non-hydrogen) atoms. The molecule has 8 heteroatoms. The van der Waals surface area contributed by atoms with Gasteiger partial charge in [0, 0.05) is 32.0 Å². The second-order valence-electron chi connectivity index (χ2n) is 6.67. The summed E-state index contributed by atoms with van der Waals surface area (Å²) < 4.78 is 32.2. The average Bonchev–Trinajstić information content (AvgIpc) is 3.20. The molecule has 1 atom stereocenters. The van der Waals surface area contributed by atoms with Crippen LogP contribution in [0.2, 0.25) is 0 Å². The van der Waals surface area contributed by atoms with Gasteiger partial charge in [0.15, 0.2) is 11.7 Å². The maximum atomic E-state index is 13.8. The van der Waals surface area contributed by atoms with Gasteiger partial charge in [0.25, 0.3) is 0 Å². The van der Waals surface area contributed by atoms with Crippen LogP contribution in [0.25, 0.3) is 11.3 Å². The minimum Gasteiger partial charge on any atom is -0.481 e. The van der Waals surface area contributed by atoms with E-state index in [1.807, 2.05) is 0 Å². The monoisotopic (exact) mass is 364 g/mol. The number of aryl methyl sites for hydroxylation is 1. The molecule has 1 aliphatic rings. The van der Waals surface area contributed by atoms with E-state index in [0.29, 0.717) is 13.0 Å². The number of carboxylic acid groups (broad SMARTS) is 1. The molecule has 1 fully saturated rings. The second-order valence-corrected chi connectivity index (χ2v) is 6.67. The average molecular weight is 364 g/mol. The fraction of sp³-hybridized carbons (Fsp3) is 0.389. The molecule has 1 amide bonds. The van der Waals surface area contributed by atoms with Gasteiger partial charge in [-0.05, 0) is 25.5 Å². The molecule has 1 aromatic heterocycles. The molecular weight excluding hydrogens is 346 g/mol. The van der Waals surface area contributed by atoms with E-state index in [9.17, 15) is 23.5 Å². The third kappa shape index (κ3) is 3.58. The van der Waals surface area contributed by atoms with Gasteiger partial charge in [0.05, 0.1) is 17.2 Å². The lowest BCUT2D eigenvalue weighted by molar-refractivity contribution is -0.147. The van der Waals surface area contributed by atoms with Crippen LogP contribution >= 0.6 is 0 Å². The largest absolute Gasteiger partial charge is 0.481 e. The number of carbonyl (C=O) groups excluding carboxylic acids is 1. The molecule has 1 aromatic carbocycles. The molecule has 0 spiro atoms. The van der Waals surface area contributed by atoms with E-state index in [0.717, 1.165) is 12.1 Å². The summed E-state index contributed by atoms with van der Waals surface area (Å²) in [6.07, 6.45) is 2.07. The first-order valence-corrected chi connectivity index (χ1v) is 8.20. The fourth-order valence-electron chi connectivity index (χ4n) is 2.96. The maximum absolute atomic E-state index is 13.8. The lowest BCUT2D eigenvalue weighted by atomic mass is 9.90. The Balaban J connectivity index is 1.60. The summed E-state index contributed by atoms with van der Waals surface area (Å²) in [6, 6.07) is 3.14. The van der Waals surface area contributed by atoms with E-state index >= 15 is 0 Å². The second kappa shape index (κ2) is 6.86. The van der Waals surface area contributed by atoms with Crippen LogP contribution < -0.4 is 0 Å². The van der Waals surface area contributed by atoms with Gasteiger partial charge in [-0.25, -0.2) is 13.8 Å². The Bertz CT molecular complexity index is 851. The summed E-state index contributed by atoms with van der Waals surface area (Å²) in [4.78, 5) is 29.0. The number of benzene rings is 1. The van der Waals surface area contributed by atoms with Gasteiger partial charge >= 0.3 is 5.97 Å². The van der Waals surface area contributed by atoms with Crippen LogP contribution in [-0.2, 0) is 16.0 Å². The van der Waals surface area contributed by atoms with Crippen LogP contribution in [0, 0.1) is 17.0 Å². The van der Waals surface area contributed by atoms with E-state index in [1.54, 1.807) is 6.92 Å².